The molecule has 2 heterocycles. The Balaban J connectivity index is 1.54. The highest BCUT2D eigenvalue weighted by atomic mass is 16.5. The first-order valence-corrected chi connectivity index (χ1v) is 12.3. The number of pyridine rings is 1. The van der Waals surface area contributed by atoms with Crippen molar-refractivity contribution in [3.05, 3.63) is 76.8 Å². The van der Waals surface area contributed by atoms with E-state index in [1.54, 1.807) is 0 Å². The van der Waals surface area contributed by atoms with Crippen LogP contribution in [0.1, 0.15) is 64.1 Å². The Kier molecular flexibility index (Phi) is 7.20. The van der Waals surface area contributed by atoms with Crippen LogP contribution in [0.15, 0.2) is 65.6 Å². The number of carboxylic acid groups (broad SMARTS) is 1. The average molecular weight is 460 g/mol. The molecule has 0 unspecified atom stereocenters. The molecule has 0 bridgehead atoms. The number of aromatic amines is 1. The second kappa shape index (κ2) is 10.3. The summed E-state index contributed by atoms with van der Waals surface area (Å²) >= 11 is 0. The summed E-state index contributed by atoms with van der Waals surface area (Å²) in [6.07, 6.45) is 12.4. The van der Waals surface area contributed by atoms with E-state index in [9.17, 15) is 4.79 Å². The molecule has 0 amide bonds. The molecule has 1 aliphatic carbocycles. The lowest BCUT2D eigenvalue weighted by Crippen LogP contribution is -2.26. The summed E-state index contributed by atoms with van der Waals surface area (Å²) in [6, 6.07) is 12.6. The number of nitrogens with one attached hydrogen (secondary N) is 1. The van der Waals surface area contributed by atoms with Gasteiger partial charge in [-0.05, 0) is 67.5 Å². The first-order chi connectivity index (χ1) is 16.4. The summed E-state index contributed by atoms with van der Waals surface area (Å²) in [7, 11) is 0. The van der Waals surface area contributed by atoms with E-state index in [2.05, 4.69) is 73.1 Å². The summed E-state index contributed by atoms with van der Waals surface area (Å²) in [5.41, 5.74) is 5.81. The fourth-order valence-electron chi connectivity index (χ4n) is 4.80. The van der Waals surface area contributed by atoms with Crippen LogP contribution in [0.3, 0.4) is 0 Å². The zero-order chi connectivity index (χ0) is 24.1. The molecule has 4 rings (SSSR count). The second-order valence-corrected chi connectivity index (χ2v) is 9.77. The number of aromatic nitrogens is 1. The summed E-state index contributed by atoms with van der Waals surface area (Å²) < 4.78 is 6.49. The van der Waals surface area contributed by atoms with Crippen LogP contribution in [0, 0.1) is 5.41 Å². The predicted octanol–water partition coefficient (Wildman–Crippen LogP) is 6.15. The number of carboxylic acids is 1. The minimum atomic E-state index is -0.716. The number of anilines is 1. The maximum atomic E-state index is 10.7. The molecule has 2 aromatic rings. The number of H-pyrrole nitrogens is 1. The number of aliphatic carboxylic acids is 1. The largest absolute Gasteiger partial charge is 0.481 e. The van der Waals surface area contributed by atoms with Gasteiger partial charge in [0, 0.05) is 60.6 Å². The van der Waals surface area contributed by atoms with Gasteiger partial charge in [-0.15, -0.1) is 0 Å². The van der Waals surface area contributed by atoms with Gasteiger partial charge in [0.15, 0.2) is 6.20 Å². The van der Waals surface area contributed by atoms with Gasteiger partial charge in [0.25, 0.3) is 0 Å². The number of carbonyl (C=O) groups is 1. The molecule has 0 saturated carbocycles. The lowest BCUT2D eigenvalue weighted by molar-refractivity contribution is -0.380. The Morgan fingerprint density at radius 1 is 1.18 bits per heavy atom. The third-order valence-electron chi connectivity index (χ3n) is 6.61. The number of unbranched alkanes of at least 4 members (excludes halogenated alkanes) is 2. The Morgan fingerprint density at radius 3 is 2.76 bits per heavy atom. The highest BCUT2D eigenvalue weighted by molar-refractivity contribution is 5.73. The van der Waals surface area contributed by atoms with Crippen LogP contribution in [-0.4, -0.2) is 24.2 Å². The monoisotopic (exact) mass is 459 g/mol. The number of hydrogen-bond acceptors (Lipinski definition) is 3. The maximum absolute atomic E-state index is 10.7. The minimum absolute atomic E-state index is 0.0214. The van der Waals surface area contributed by atoms with Crippen LogP contribution < -0.4 is 14.6 Å². The zero-order valence-corrected chi connectivity index (χ0v) is 20.4. The van der Waals surface area contributed by atoms with Crippen LogP contribution in [0.5, 0.6) is 5.75 Å². The number of benzene rings is 1. The van der Waals surface area contributed by atoms with Gasteiger partial charge in [-0.3, -0.25) is 4.79 Å². The smallest absolute Gasteiger partial charge is 0.303 e. The molecule has 0 fully saturated rings. The maximum Gasteiger partial charge on any atom is 0.303 e. The molecule has 0 radical (unpaired) electrons. The molecule has 1 aliphatic heterocycles. The minimum Gasteiger partial charge on any atom is -0.481 e. The first-order valence-electron chi connectivity index (χ1n) is 12.3. The molecule has 5 nitrogen and oxygen atoms in total. The fraction of sp³-hybridized carbons (Fsp3) is 0.379. The fourth-order valence-corrected chi connectivity index (χ4v) is 4.80. The number of ether oxygens (including phenoxy) is 1. The van der Waals surface area contributed by atoms with Gasteiger partial charge < -0.3 is 14.7 Å². The van der Waals surface area contributed by atoms with E-state index in [-0.39, 0.29) is 11.8 Å². The average Bonchev–Trinajstić information content (AvgIpc) is 2.80. The van der Waals surface area contributed by atoms with E-state index >= 15 is 0 Å². The van der Waals surface area contributed by atoms with Crippen molar-refractivity contribution in [3.63, 3.8) is 0 Å². The molecule has 0 saturated heterocycles. The SMILES string of the molecule is CCN(CCCCCC(=O)O)c1ccc2c(c1)OC1=C/C(=C/c3cccc[nH+]3)CC(C)(C)C1=C2. The Morgan fingerprint density at radius 2 is 2.03 bits per heavy atom. The molecule has 34 heavy (non-hydrogen) atoms. The van der Waals surface area contributed by atoms with Crippen molar-refractivity contribution >= 4 is 23.8 Å². The Labute approximate surface area is 202 Å². The normalized spacial score (nSPS) is 17.2. The molecule has 0 atom stereocenters. The highest BCUT2D eigenvalue weighted by Gasteiger charge is 2.35. The number of rotatable bonds is 9. The van der Waals surface area contributed by atoms with Crippen LogP contribution in [0.2, 0.25) is 0 Å². The predicted molar refractivity (Wildman–Crippen MR) is 136 cm³/mol. The van der Waals surface area contributed by atoms with Gasteiger partial charge in [0.05, 0.1) is 0 Å². The third-order valence-corrected chi connectivity index (χ3v) is 6.61. The quantitative estimate of drug-likeness (QED) is 0.457. The Hall–Kier alpha value is -3.34. The van der Waals surface area contributed by atoms with E-state index in [0.29, 0.717) is 0 Å². The van der Waals surface area contributed by atoms with E-state index in [0.717, 1.165) is 67.2 Å². The van der Waals surface area contributed by atoms with Gasteiger partial charge in [0.1, 0.15) is 11.5 Å². The van der Waals surface area contributed by atoms with Gasteiger partial charge in [0.2, 0.25) is 5.69 Å². The van der Waals surface area contributed by atoms with Crippen molar-refractivity contribution in [2.75, 3.05) is 18.0 Å². The number of allylic oxidation sites excluding steroid dienone is 3. The summed E-state index contributed by atoms with van der Waals surface area (Å²) in [4.78, 5) is 16.3. The van der Waals surface area contributed by atoms with Crippen molar-refractivity contribution < 1.29 is 19.6 Å². The van der Waals surface area contributed by atoms with E-state index in [1.165, 1.54) is 11.1 Å². The van der Waals surface area contributed by atoms with Crippen molar-refractivity contribution in [2.24, 2.45) is 5.41 Å². The van der Waals surface area contributed by atoms with Crippen LogP contribution in [-0.2, 0) is 4.79 Å². The van der Waals surface area contributed by atoms with Crippen molar-refractivity contribution in [1.82, 2.24) is 0 Å². The first kappa shape index (κ1) is 23.8. The standard InChI is InChI=1S/C29H34N2O3/c1-4-31(15-9-5-6-11-28(32)33)24-13-12-22-18-25-27(34-26(22)19-24)17-21(20-29(25,2)3)16-23-10-7-8-14-30-23/h7-8,10,12-14,16-19H,4-6,9,11,15,20H2,1-3H3,(H,32,33)/p+1/b21-16-. The van der Waals surface area contributed by atoms with Crippen molar-refractivity contribution in [1.29, 1.82) is 0 Å². The lowest BCUT2D eigenvalue weighted by atomic mass is 9.72. The molecular weight excluding hydrogens is 424 g/mol. The van der Waals surface area contributed by atoms with Crippen molar-refractivity contribution in [2.45, 2.75) is 52.9 Å². The van der Waals surface area contributed by atoms with E-state index < -0.39 is 5.97 Å². The summed E-state index contributed by atoms with van der Waals surface area (Å²) in [5, 5.41) is 8.83. The van der Waals surface area contributed by atoms with Crippen LogP contribution in [0.4, 0.5) is 5.69 Å². The molecular formula is C29H35N2O3+. The molecule has 0 spiro atoms. The lowest BCUT2D eigenvalue weighted by Gasteiger charge is -2.37. The van der Waals surface area contributed by atoms with Gasteiger partial charge in [-0.1, -0.05) is 20.3 Å². The molecule has 1 aromatic carbocycles. The van der Waals surface area contributed by atoms with Gasteiger partial charge in [-0.2, -0.15) is 0 Å². The second-order valence-electron chi connectivity index (χ2n) is 9.77. The number of nitrogens with zero attached hydrogens (tertiary/aromatic N) is 1. The zero-order valence-electron chi connectivity index (χ0n) is 20.4. The summed E-state index contributed by atoms with van der Waals surface area (Å²) in [5.74, 6) is 1.10. The summed E-state index contributed by atoms with van der Waals surface area (Å²) in [6.45, 7) is 8.52. The van der Waals surface area contributed by atoms with Crippen LogP contribution >= 0.6 is 0 Å². The molecule has 2 aliphatic rings. The van der Waals surface area contributed by atoms with Crippen LogP contribution in [0.25, 0.3) is 12.2 Å². The number of hydrogen-bond donors (Lipinski definition) is 1. The van der Waals surface area contributed by atoms with Crippen molar-refractivity contribution in [3.8, 4) is 5.75 Å². The number of fused-ring (bicyclic) bond motifs is 2. The van der Waals surface area contributed by atoms with Gasteiger partial charge >= 0.3 is 5.97 Å². The molecule has 1 aromatic heterocycles. The molecule has 5 heteroatoms. The molecule has 178 valence electrons. The van der Waals surface area contributed by atoms with E-state index in [1.807, 2.05) is 18.3 Å². The third kappa shape index (κ3) is 5.58. The van der Waals surface area contributed by atoms with Gasteiger partial charge in [-0.25, -0.2) is 4.98 Å². The van der Waals surface area contributed by atoms with E-state index in [4.69, 9.17) is 9.84 Å². The Bertz CT molecular complexity index is 1130. The topological polar surface area (TPSA) is 63.9 Å². The highest BCUT2D eigenvalue weighted by Crippen LogP contribution is 2.48. The molecule has 2 N–H and O–H groups in total.